The molecular formula is C22H13Br2ClN2O5S2. The zero-order chi connectivity index (χ0) is 24.6. The third-order valence-corrected chi connectivity index (χ3v) is 9.39. The van der Waals surface area contributed by atoms with E-state index in [1.54, 1.807) is 30.3 Å². The molecule has 34 heavy (non-hydrogen) atoms. The number of sulfone groups is 1. The molecule has 174 valence electrons. The maximum Gasteiger partial charge on any atom is 0.288 e. The summed E-state index contributed by atoms with van der Waals surface area (Å²) in [5.41, 5.74) is 1.23. The van der Waals surface area contributed by atoms with Crippen molar-refractivity contribution in [1.29, 1.82) is 0 Å². The molecule has 3 aromatic carbocycles. The molecule has 1 aliphatic rings. The Morgan fingerprint density at radius 3 is 2.47 bits per heavy atom. The van der Waals surface area contributed by atoms with Crippen LogP contribution < -0.4 is 5.32 Å². The van der Waals surface area contributed by atoms with Gasteiger partial charge in [0.1, 0.15) is 5.02 Å². The van der Waals surface area contributed by atoms with Crippen LogP contribution in [0.4, 0.5) is 11.4 Å². The van der Waals surface area contributed by atoms with E-state index >= 15 is 0 Å². The number of nitrogens with one attached hydrogen (secondary N) is 1. The minimum Gasteiger partial charge on any atom is -0.320 e. The largest absolute Gasteiger partial charge is 0.320 e. The second-order valence-electron chi connectivity index (χ2n) is 7.15. The quantitative estimate of drug-likeness (QED) is 0.185. The molecule has 0 bridgehead atoms. The van der Waals surface area contributed by atoms with E-state index in [1.165, 1.54) is 30.3 Å². The lowest BCUT2D eigenvalue weighted by Gasteiger charge is -2.19. The second-order valence-corrected chi connectivity index (χ2v) is 12.3. The second kappa shape index (κ2) is 9.82. The first kappa shape index (κ1) is 24.9. The van der Waals surface area contributed by atoms with Crippen molar-refractivity contribution in [3.8, 4) is 0 Å². The van der Waals surface area contributed by atoms with Crippen molar-refractivity contribution >= 4 is 88.4 Å². The Hall–Kier alpha value is -2.18. The number of nitrogens with zero attached hydrogens (tertiary/aromatic N) is 1. The van der Waals surface area contributed by atoms with Crippen molar-refractivity contribution < 1.29 is 18.1 Å². The number of amides is 1. The van der Waals surface area contributed by atoms with E-state index in [1.807, 2.05) is 0 Å². The molecule has 0 atom stereocenters. The van der Waals surface area contributed by atoms with Crippen LogP contribution in [0.5, 0.6) is 0 Å². The molecule has 1 amide bonds. The molecule has 0 saturated heterocycles. The van der Waals surface area contributed by atoms with Gasteiger partial charge < -0.3 is 5.32 Å². The monoisotopic (exact) mass is 642 g/mol. The topological polar surface area (TPSA) is 106 Å². The van der Waals surface area contributed by atoms with Crippen LogP contribution in [-0.4, -0.2) is 19.2 Å². The van der Waals surface area contributed by atoms with Crippen LogP contribution in [-0.2, 0) is 20.4 Å². The van der Waals surface area contributed by atoms with E-state index < -0.39 is 20.7 Å². The molecule has 7 nitrogen and oxygen atoms in total. The number of fused-ring (bicyclic) bond motifs is 1. The molecule has 0 radical (unpaired) electrons. The summed E-state index contributed by atoms with van der Waals surface area (Å²) in [5.74, 6) is -0.620. The number of hydrogen-bond donors (Lipinski definition) is 1. The average molecular weight is 645 g/mol. The summed E-state index contributed by atoms with van der Waals surface area (Å²) in [4.78, 5) is 24.0. The zero-order valence-corrected chi connectivity index (χ0v) is 22.5. The first-order valence-corrected chi connectivity index (χ1v) is 13.9. The van der Waals surface area contributed by atoms with Gasteiger partial charge in [-0.15, -0.1) is 0 Å². The molecule has 3 aromatic rings. The fraction of sp³-hybridized carbons (Fsp3) is 0.0455. The number of nitro benzene ring substituents is 1. The molecule has 4 rings (SSSR count). The number of halogens is 3. The van der Waals surface area contributed by atoms with Gasteiger partial charge in [-0.3, -0.25) is 14.9 Å². The number of benzene rings is 3. The number of hydrogen-bond acceptors (Lipinski definition) is 6. The summed E-state index contributed by atoms with van der Waals surface area (Å²) < 4.78 is 27.6. The lowest BCUT2D eigenvalue weighted by molar-refractivity contribution is -0.384. The van der Waals surface area contributed by atoms with Gasteiger partial charge >= 0.3 is 0 Å². The predicted octanol–water partition coefficient (Wildman–Crippen LogP) is 6.83. The van der Waals surface area contributed by atoms with Crippen LogP contribution in [0.1, 0.15) is 11.1 Å². The molecule has 0 saturated carbocycles. The Labute approximate surface area is 220 Å². The number of carbonyl (C=O) groups is 1. The van der Waals surface area contributed by atoms with Gasteiger partial charge in [-0.05, 0) is 53.6 Å². The van der Waals surface area contributed by atoms with Gasteiger partial charge in [0.05, 0.1) is 26.2 Å². The highest BCUT2D eigenvalue weighted by Crippen LogP contribution is 2.41. The minimum absolute atomic E-state index is 0.00946. The maximum atomic E-state index is 13.1. The summed E-state index contributed by atoms with van der Waals surface area (Å²) in [5, 5.41) is 13.9. The summed E-state index contributed by atoms with van der Waals surface area (Å²) in [6.07, 6.45) is 1.49. The minimum atomic E-state index is -3.70. The highest BCUT2D eigenvalue weighted by Gasteiger charge is 2.25. The van der Waals surface area contributed by atoms with Crippen molar-refractivity contribution in [2.75, 3.05) is 5.32 Å². The smallest absolute Gasteiger partial charge is 0.288 e. The van der Waals surface area contributed by atoms with Crippen LogP contribution in [0.25, 0.3) is 6.08 Å². The summed E-state index contributed by atoms with van der Waals surface area (Å²) >= 11 is 13.7. The predicted molar refractivity (Wildman–Crippen MR) is 140 cm³/mol. The number of anilines is 1. The number of rotatable bonds is 5. The normalized spacial score (nSPS) is 14.6. The molecule has 1 N–H and O–H groups in total. The lowest BCUT2D eigenvalue weighted by Crippen LogP contribution is -2.17. The van der Waals surface area contributed by atoms with Crippen LogP contribution in [0.3, 0.4) is 0 Å². The molecule has 0 aromatic heterocycles. The fourth-order valence-electron chi connectivity index (χ4n) is 3.18. The Bertz CT molecular complexity index is 1470. The van der Waals surface area contributed by atoms with E-state index in [9.17, 15) is 23.3 Å². The van der Waals surface area contributed by atoms with Crippen LogP contribution in [0, 0.1) is 10.1 Å². The van der Waals surface area contributed by atoms with E-state index in [4.69, 9.17) is 11.6 Å². The van der Waals surface area contributed by atoms with Gasteiger partial charge in [0.15, 0.2) is 9.84 Å². The fourth-order valence-corrected chi connectivity index (χ4v) is 7.51. The van der Waals surface area contributed by atoms with Crippen molar-refractivity contribution in [3.63, 3.8) is 0 Å². The van der Waals surface area contributed by atoms with Gasteiger partial charge in [0.2, 0.25) is 0 Å². The van der Waals surface area contributed by atoms with Crippen molar-refractivity contribution in [1.82, 2.24) is 0 Å². The van der Waals surface area contributed by atoms with Gasteiger partial charge in [-0.2, -0.15) is 0 Å². The summed E-state index contributed by atoms with van der Waals surface area (Å²) in [6.45, 7) is 0. The van der Waals surface area contributed by atoms with Crippen LogP contribution >= 0.6 is 55.2 Å². The Balaban J connectivity index is 1.67. The molecule has 0 unspecified atom stereocenters. The molecule has 1 aliphatic heterocycles. The van der Waals surface area contributed by atoms with Crippen LogP contribution in [0.15, 0.2) is 78.2 Å². The maximum absolute atomic E-state index is 13.1. The van der Waals surface area contributed by atoms with Crippen LogP contribution in [0.2, 0.25) is 5.02 Å². The first-order valence-electron chi connectivity index (χ1n) is 9.50. The zero-order valence-electron chi connectivity index (χ0n) is 16.9. The lowest BCUT2D eigenvalue weighted by atomic mass is 10.2. The molecule has 1 heterocycles. The third kappa shape index (κ3) is 5.23. The number of carbonyl (C=O) groups excluding carboxylic acids is 1. The number of thioether (sulfide) groups is 1. The SMILES string of the molecule is O=C1Nc2ccc(S(=O)(=O)Cc3c(Br)cccc3Br)cc2S/C1=C/c1ccc(Cl)c([N+](=O)[O-])c1. The average Bonchev–Trinajstić information content (AvgIpc) is 2.77. The van der Waals surface area contributed by atoms with E-state index in [2.05, 4.69) is 37.2 Å². The van der Waals surface area contributed by atoms with E-state index in [0.29, 0.717) is 30.7 Å². The first-order chi connectivity index (χ1) is 16.0. The number of nitro groups is 1. The highest BCUT2D eigenvalue weighted by atomic mass is 79.9. The van der Waals surface area contributed by atoms with Gasteiger partial charge in [-0.25, -0.2) is 8.42 Å². The van der Waals surface area contributed by atoms with E-state index in [-0.39, 0.29) is 26.3 Å². The highest BCUT2D eigenvalue weighted by molar-refractivity contribution is 9.11. The van der Waals surface area contributed by atoms with Gasteiger partial charge in [-0.1, -0.05) is 67.4 Å². The Morgan fingerprint density at radius 2 is 1.79 bits per heavy atom. The standard InChI is InChI=1S/C22H13Br2ClN2O5S2/c23-15-2-1-3-16(24)14(15)11-34(31,32)13-5-7-18-20(10-13)33-21(22(28)26-18)9-12-4-6-17(25)19(8-12)27(29)30/h1-10H,11H2,(H,26,28)/b21-9+. The van der Waals surface area contributed by atoms with Gasteiger partial charge in [0, 0.05) is 19.9 Å². The molecule has 12 heteroatoms. The van der Waals surface area contributed by atoms with Gasteiger partial charge in [0.25, 0.3) is 11.6 Å². The molecular weight excluding hydrogens is 632 g/mol. The molecule has 0 aliphatic carbocycles. The van der Waals surface area contributed by atoms with E-state index in [0.717, 1.165) is 11.8 Å². The third-order valence-electron chi connectivity index (χ3n) is 4.86. The Morgan fingerprint density at radius 1 is 1.09 bits per heavy atom. The summed E-state index contributed by atoms with van der Waals surface area (Å²) in [7, 11) is -3.70. The van der Waals surface area contributed by atoms with Crippen molar-refractivity contribution in [2.24, 2.45) is 0 Å². The molecule has 0 fully saturated rings. The summed E-state index contributed by atoms with van der Waals surface area (Å²) in [6, 6.07) is 14.1. The molecule has 0 spiro atoms. The van der Waals surface area contributed by atoms with Crippen molar-refractivity contribution in [2.45, 2.75) is 15.5 Å². The Kier molecular flexibility index (Phi) is 7.20. The van der Waals surface area contributed by atoms with Crippen molar-refractivity contribution in [3.05, 3.63) is 94.7 Å².